The summed E-state index contributed by atoms with van der Waals surface area (Å²) in [6, 6.07) is 2.63. The van der Waals surface area contributed by atoms with Gasteiger partial charge in [0.05, 0.1) is 18.4 Å². The van der Waals surface area contributed by atoms with Gasteiger partial charge in [-0.2, -0.15) is 10.2 Å². The van der Waals surface area contributed by atoms with Crippen LogP contribution in [0, 0.1) is 11.3 Å². The minimum Gasteiger partial charge on any atom is -0.393 e. The van der Waals surface area contributed by atoms with Gasteiger partial charge < -0.3 is 20.5 Å². The van der Waals surface area contributed by atoms with Gasteiger partial charge in [-0.15, -0.1) is 0 Å². The molecular weight excluding hydrogens is 318 g/mol. The lowest BCUT2D eigenvalue weighted by Crippen LogP contribution is -2.31. The van der Waals surface area contributed by atoms with E-state index in [-0.39, 0.29) is 12.1 Å². The standard InChI is InChI=1S/C18H27N5O2/c1-25-16-7-5-13(6-8-16)22-18-20-11-12(10-19)17(23-18)21-14-3-2-4-15(24)9-14/h11,13-16,24H,2-9H2,1H3,(H2,20,21,22,23)/t13?,14-,15+,16?/m1/s1. The summed E-state index contributed by atoms with van der Waals surface area (Å²) in [5, 5.41) is 25.9. The third-order valence-electron chi connectivity index (χ3n) is 5.24. The molecule has 0 unspecified atom stereocenters. The molecule has 7 heteroatoms. The number of methoxy groups -OCH3 is 1. The molecule has 25 heavy (non-hydrogen) atoms. The van der Waals surface area contributed by atoms with E-state index in [2.05, 4.69) is 26.7 Å². The van der Waals surface area contributed by atoms with Crippen LogP contribution in [-0.2, 0) is 4.74 Å². The number of nitriles is 1. The first-order valence-corrected chi connectivity index (χ1v) is 9.19. The van der Waals surface area contributed by atoms with E-state index in [1.807, 2.05) is 0 Å². The second-order valence-corrected chi connectivity index (χ2v) is 7.08. The van der Waals surface area contributed by atoms with Crippen LogP contribution in [0.15, 0.2) is 6.20 Å². The molecule has 1 aromatic rings. The summed E-state index contributed by atoms with van der Waals surface area (Å²) in [6.07, 6.45) is 9.29. The molecule has 2 atom stereocenters. The first-order chi connectivity index (χ1) is 12.2. The molecule has 2 aliphatic rings. The van der Waals surface area contributed by atoms with Gasteiger partial charge in [0.1, 0.15) is 17.5 Å². The lowest BCUT2D eigenvalue weighted by Gasteiger charge is -2.29. The van der Waals surface area contributed by atoms with Crippen molar-refractivity contribution >= 4 is 11.8 Å². The molecule has 0 aromatic carbocycles. The van der Waals surface area contributed by atoms with E-state index in [1.54, 1.807) is 13.3 Å². The van der Waals surface area contributed by atoms with Crippen molar-refractivity contribution in [1.29, 1.82) is 5.26 Å². The highest BCUT2D eigenvalue weighted by atomic mass is 16.5. The van der Waals surface area contributed by atoms with Crippen molar-refractivity contribution < 1.29 is 9.84 Å². The lowest BCUT2D eigenvalue weighted by molar-refractivity contribution is 0.0681. The molecule has 1 heterocycles. The Kier molecular flexibility index (Phi) is 6.05. The van der Waals surface area contributed by atoms with Crippen molar-refractivity contribution in [2.45, 2.75) is 75.7 Å². The molecule has 3 rings (SSSR count). The van der Waals surface area contributed by atoms with Crippen LogP contribution < -0.4 is 10.6 Å². The van der Waals surface area contributed by atoms with E-state index in [4.69, 9.17) is 4.74 Å². The molecule has 1 aromatic heterocycles. The van der Waals surface area contributed by atoms with E-state index < -0.39 is 0 Å². The predicted octanol–water partition coefficient (Wildman–Crippen LogP) is 2.43. The lowest BCUT2D eigenvalue weighted by atomic mass is 9.93. The third-order valence-corrected chi connectivity index (χ3v) is 5.24. The number of nitrogens with one attached hydrogen (secondary N) is 2. The summed E-state index contributed by atoms with van der Waals surface area (Å²) in [5.74, 6) is 1.11. The summed E-state index contributed by atoms with van der Waals surface area (Å²) in [7, 11) is 1.77. The second kappa shape index (κ2) is 8.45. The topological polar surface area (TPSA) is 103 Å². The number of rotatable bonds is 5. The summed E-state index contributed by atoms with van der Waals surface area (Å²) < 4.78 is 5.41. The number of aromatic nitrogens is 2. The monoisotopic (exact) mass is 345 g/mol. The van der Waals surface area contributed by atoms with Gasteiger partial charge in [-0.3, -0.25) is 0 Å². The highest BCUT2D eigenvalue weighted by molar-refractivity contribution is 5.54. The van der Waals surface area contributed by atoms with Crippen LogP contribution in [0.2, 0.25) is 0 Å². The number of anilines is 2. The van der Waals surface area contributed by atoms with Crippen molar-refractivity contribution in [3.8, 4) is 6.07 Å². The Labute approximate surface area is 148 Å². The van der Waals surface area contributed by atoms with E-state index >= 15 is 0 Å². The second-order valence-electron chi connectivity index (χ2n) is 7.08. The van der Waals surface area contributed by atoms with Crippen LogP contribution in [0.1, 0.15) is 56.9 Å². The maximum Gasteiger partial charge on any atom is 0.224 e. The van der Waals surface area contributed by atoms with Gasteiger partial charge in [-0.1, -0.05) is 0 Å². The van der Waals surface area contributed by atoms with Crippen LogP contribution in [0.4, 0.5) is 11.8 Å². The highest BCUT2D eigenvalue weighted by Gasteiger charge is 2.23. The molecule has 3 N–H and O–H groups in total. The molecule has 0 amide bonds. The molecular formula is C18H27N5O2. The Bertz CT molecular complexity index is 610. The average Bonchev–Trinajstić information content (AvgIpc) is 2.63. The van der Waals surface area contributed by atoms with E-state index in [9.17, 15) is 10.4 Å². The van der Waals surface area contributed by atoms with Crippen LogP contribution in [0.3, 0.4) is 0 Å². The van der Waals surface area contributed by atoms with Crippen LogP contribution in [0.25, 0.3) is 0 Å². The smallest absolute Gasteiger partial charge is 0.224 e. The number of aliphatic hydroxyl groups is 1. The number of hydrogen-bond acceptors (Lipinski definition) is 7. The summed E-state index contributed by atoms with van der Waals surface area (Å²) >= 11 is 0. The number of hydrogen-bond donors (Lipinski definition) is 3. The zero-order valence-electron chi connectivity index (χ0n) is 14.7. The largest absolute Gasteiger partial charge is 0.393 e. The molecule has 2 saturated carbocycles. The molecule has 0 bridgehead atoms. The Balaban J connectivity index is 1.64. The number of aliphatic hydroxyl groups excluding tert-OH is 1. The van der Waals surface area contributed by atoms with E-state index in [1.165, 1.54) is 0 Å². The van der Waals surface area contributed by atoms with E-state index in [0.717, 1.165) is 44.9 Å². The fraction of sp³-hybridized carbons (Fsp3) is 0.722. The number of ether oxygens (including phenoxy) is 1. The Morgan fingerprint density at radius 1 is 1.16 bits per heavy atom. The van der Waals surface area contributed by atoms with Gasteiger partial charge in [-0.05, 0) is 51.4 Å². The zero-order chi connectivity index (χ0) is 17.6. The fourth-order valence-electron chi connectivity index (χ4n) is 3.76. The molecule has 136 valence electrons. The molecule has 0 spiro atoms. The van der Waals surface area contributed by atoms with Gasteiger partial charge in [-0.25, -0.2) is 4.98 Å². The van der Waals surface area contributed by atoms with Gasteiger partial charge in [0.25, 0.3) is 0 Å². The van der Waals surface area contributed by atoms with Gasteiger partial charge in [0.15, 0.2) is 0 Å². The molecule has 2 fully saturated rings. The van der Waals surface area contributed by atoms with Crippen LogP contribution in [0.5, 0.6) is 0 Å². The predicted molar refractivity (Wildman–Crippen MR) is 95.3 cm³/mol. The summed E-state index contributed by atoms with van der Waals surface area (Å²) in [4.78, 5) is 8.81. The molecule has 0 radical (unpaired) electrons. The van der Waals surface area contributed by atoms with Crippen LogP contribution in [-0.4, -0.2) is 46.5 Å². The minimum atomic E-state index is -0.271. The maximum atomic E-state index is 9.84. The van der Waals surface area contributed by atoms with E-state index in [0.29, 0.717) is 35.9 Å². The average molecular weight is 345 g/mol. The molecule has 0 saturated heterocycles. The molecule has 0 aliphatic heterocycles. The summed E-state index contributed by atoms with van der Waals surface area (Å²) in [5.41, 5.74) is 0.439. The third kappa shape index (κ3) is 4.80. The number of nitrogens with zero attached hydrogens (tertiary/aromatic N) is 3. The Morgan fingerprint density at radius 2 is 1.96 bits per heavy atom. The fourth-order valence-corrected chi connectivity index (χ4v) is 3.76. The van der Waals surface area contributed by atoms with Crippen molar-refractivity contribution in [3.63, 3.8) is 0 Å². The SMILES string of the molecule is COC1CCC(Nc2ncc(C#N)c(N[C@@H]3CCC[C@H](O)C3)n2)CC1. The van der Waals surface area contributed by atoms with Crippen molar-refractivity contribution in [1.82, 2.24) is 9.97 Å². The molecule has 2 aliphatic carbocycles. The normalized spacial score (nSPS) is 29.6. The van der Waals surface area contributed by atoms with Crippen molar-refractivity contribution in [3.05, 3.63) is 11.8 Å². The Morgan fingerprint density at radius 3 is 2.64 bits per heavy atom. The zero-order valence-corrected chi connectivity index (χ0v) is 14.7. The van der Waals surface area contributed by atoms with Gasteiger partial charge in [0, 0.05) is 19.2 Å². The highest BCUT2D eigenvalue weighted by Crippen LogP contribution is 2.25. The minimum absolute atomic E-state index is 0.149. The summed E-state index contributed by atoms with van der Waals surface area (Å²) in [6.45, 7) is 0. The first kappa shape index (κ1) is 17.9. The Hall–Kier alpha value is -1.91. The first-order valence-electron chi connectivity index (χ1n) is 9.19. The van der Waals surface area contributed by atoms with Gasteiger partial charge >= 0.3 is 0 Å². The quantitative estimate of drug-likeness (QED) is 0.753. The van der Waals surface area contributed by atoms with Gasteiger partial charge in [0.2, 0.25) is 5.95 Å². The van der Waals surface area contributed by atoms with Crippen molar-refractivity contribution in [2.75, 3.05) is 17.7 Å². The van der Waals surface area contributed by atoms with Crippen LogP contribution >= 0.6 is 0 Å². The van der Waals surface area contributed by atoms with Crippen molar-refractivity contribution in [2.24, 2.45) is 0 Å². The maximum absolute atomic E-state index is 9.84. The molecule has 7 nitrogen and oxygen atoms in total.